The summed E-state index contributed by atoms with van der Waals surface area (Å²) >= 11 is 0. The van der Waals surface area contributed by atoms with Gasteiger partial charge < -0.3 is 9.72 Å². The predicted molar refractivity (Wildman–Crippen MR) is 66.5 cm³/mol. The fourth-order valence-corrected chi connectivity index (χ4v) is 1.78. The van der Waals surface area contributed by atoms with Gasteiger partial charge >= 0.3 is 0 Å². The third-order valence-electron chi connectivity index (χ3n) is 2.67. The lowest BCUT2D eigenvalue weighted by Crippen LogP contribution is -2.12. The van der Waals surface area contributed by atoms with Crippen molar-refractivity contribution in [2.45, 2.75) is 6.92 Å². The highest BCUT2D eigenvalue weighted by Gasteiger charge is 2.13. The van der Waals surface area contributed by atoms with Crippen molar-refractivity contribution in [2.75, 3.05) is 5.32 Å². The van der Waals surface area contributed by atoms with Crippen LogP contribution < -0.4 is 5.32 Å². The largest absolute Gasteiger partial charge is 0.318 e. The summed E-state index contributed by atoms with van der Waals surface area (Å²) in [6, 6.07) is 3.89. The van der Waals surface area contributed by atoms with Crippen molar-refractivity contribution in [3.8, 4) is 0 Å². The Morgan fingerprint density at radius 2 is 2.39 bits per heavy atom. The van der Waals surface area contributed by atoms with Gasteiger partial charge in [0.25, 0.3) is 5.91 Å². The van der Waals surface area contributed by atoms with Crippen molar-refractivity contribution >= 4 is 17.1 Å². The Morgan fingerprint density at radius 3 is 3.17 bits per heavy atom. The average molecular weight is 241 g/mol. The van der Waals surface area contributed by atoms with Crippen LogP contribution in [-0.2, 0) is 0 Å². The molecule has 0 saturated heterocycles. The Morgan fingerprint density at radius 1 is 1.50 bits per heavy atom. The molecule has 3 heterocycles. The van der Waals surface area contributed by atoms with Gasteiger partial charge in [0.05, 0.1) is 17.4 Å². The van der Waals surface area contributed by atoms with Gasteiger partial charge in [0.15, 0.2) is 5.69 Å². The summed E-state index contributed by atoms with van der Waals surface area (Å²) in [5, 5.41) is 9.13. The van der Waals surface area contributed by atoms with Gasteiger partial charge in [-0.2, -0.15) is 5.10 Å². The number of pyridine rings is 1. The number of hydrogen-bond acceptors (Lipinski definition) is 3. The van der Waals surface area contributed by atoms with Crippen LogP contribution in [0.15, 0.2) is 37.1 Å². The summed E-state index contributed by atoms with van der Waals surface area (Å²) in [6.07, 6.45) is 6.66. The first kappa shape index (κ1) is 10.5. The van der Waals surface area contributed by atoms with Crippen LogP contribution >= 0.6 is 0 Å². The van der Waals surface area contributed by atoms with Crippen molar-refractivity contribution < 1.29 is 4.79 Å². The monoisotopic (exact) mass is 241 g/mol. The van der Waals surface area contributed by atoms with Crippen molar-refractivity contribution in [1.29, 1.82) is 0 Å². The third-order valence-corrected chi connectivity index (χ3v) is 2.67. The summed E-state index contributed by atoms with van der Waals surface area (Å²) in [6.45, 7) is 1.98. The third kappa shape index (κ3) is 1.73. The van der Waals surface area contributed by atoms with Crippen molar-refractivity contribution in [2.24, 2.45) is 0 Å². The van der Waals surface area contributed by atoms with E-state index in [1.807, 2.05) is 29.7 Å². The van der Waals surface area contributed by atoms with E-state index in [2.05, 4.69) is 20.5 Å². The molecule has 3 aromatic heterocycles. The molecule has 0 atom stereocenters. The lowest BCUT2D eigenvalue weighted by atomic mass is 10.2. The van der Waals surface area contributed by atoms with Gasteiger partial charge in [0.2, 0.25) is 0 Å². The van der Waals surface area contributed by atoms with E-state index in [0.29, 0.717) is 11.4 Å². The van der Waals surface area contributed by atoms with Crippen LogP contribution in [0.25, 0.3) is 5.52 Å². The molecule has 6 nitrogen and oxygen atoms in total. The maximum absolute atomic E-state index is 12.1. The summed E-state index contributed by atoms with van der Waals surface area (Å²) in [5.41, 5.74) is 2.89. The molecule has 2 N–H and O–H groups in total. The van der Waals surface area contributed by atoms with Gasteiger partial charge in [-0.25, -0.2) is 4.98 Å². The molecule has 3 aromatic rings. The maximum Gasteiger partial charge on any atom is 0.276 e. The van der Waals surface area contributed by atoms with E-state index in [9.17, 15) is 4.79 Å². The molecule has 90 valence electrons. The molecule has 6 heteroatoms. The number of nitrogens with zero attached hydrogens (tertiary/aromatic N) is 3. The van der Waals surface area contributed by atoms with E-state index in [0.717, 1.165) is 11.1 Å². The number of aryl methyl sites for hydroxylation is 1. The Balaban J connectivity index is 1.98. The quantitative estimate of drug-likeness (QED) is 0.715. The number of carbonyl (C=O) groups excluding carboxylic acids is 1. The Kier molecular flexibility index (Phi) is 2.33. The molecular formula is C12H11N5O. The Bertz CT molecular complexity index is 698. The van der Waals surface area contributed by atoms with Crippen LogP contribution in [0.5, 0.6) is 0 Å². The van der Waals surface area contributed by atoms with Crippen molar-refractivity contribution in [3.05, 3.63) is 48.3 Å². The topological polar surface area (TPSA) is 75.1 Å². The fourth-order valence-electron chi connectivity index (χ4n) is 1.78. The first-order valence-electron chi connectivity index (χ1n) is 5.47. The first-order valence-corrected chi connectivity index (χ1v) is 5.47. The standard InChI is InChI=1S/C12H11N5O/c1-8-2-3-17-7-13-11(10(17)4-8)12(18)16-9-5-14-15-6-9/h2-7H,1H3,(H,14,15)(H,16,18). The van der Waals surface area contributed by atoms with Gasteiger partial charge in [-0.05, 0) is 24.6 Å². The second-order valence-corrected chi connectivity index (χ2v) is 4.03. The number of fused-ring (bicyclic) bond motifs is 1. The van der Waals surface area contributed by atoms with Crippen molar-refractivity contribution in [1.82, 2.24) is 19.6 Å². The van der Waals surface area contributed by atoms with Crippen LogP contribution in [0.3, 0.4) is 0 Å². The molecule has 0 aliphatic carbocycles. The number of rotatable bonds is 2. The Hall–Kier alpha value is -2.63. The second kappa shape index (κ2) is 3.99. The second-order valence-electron chi connectivity index (χ2n) is 4.03. The highest BCUT2D eigenvalue weighted by Crippen LogP contribution is 2.13. The molecule has 0 bridgehead atoms. The lowest BCUT2D eigenvalue weighted by Gasteiger charge is -2.00. The first-order chi connectivity index (χ1) is 8.74. The highest BCUT2D eigenvalue weighted by atomic mass is 16.1. The number of amides is 1. The molecule has 0 aromatic carbocycles. The molecule has 1 amide bonds. The van der Waals surface area contributed by atoms with E-state index in [1.54, 1.807) is 18.7 Å². The summed E-state index contributed by atoms with van der Waals surface area (Å²) in [7, 11) is 0. The zero-order chi connectivity index (χ0) is 12.5. The van der Waals surface area contributed by atoms with E-state index >= 15 is 0 Å². The van der Waals surface area contributed by atoms with Crippen molar-refractivity contribution in [3.63, 3.8) is 0 Å². The minimum atomic E-state index is -0.246. The van der Waals surface area contributed by atoms with Gasteiger partial charge in [-0.1, -0.05) is 0 Å². The number of aromatic amines is 1. The molecule has 0 aliphatic heterocycles. The minimum Gasteiger partial charge on any atom is -0.318 e. The molecule has 0 saturated carbocycles. The lowest BCUT2D eigenvalue weighted by molar-refractivity contribution is 0.102. The number of hydrogen-bond donors (Lipinski definition) is 2. The Labute approximate surface area is 103 Å². The van der Waals surface area contributed by atoms with E-state index in [-0.39, 0.29) is 5.91 Å². The van der Waals surface area contributed by atoms with Gasteiger partial charge in [0, 0.05) is 12.4 Å². The molecule has 0 unspecified atom stereocenters. The van der Waals surface area contributed by atoms with E-state index < -0.39 is 0 Å². The summed E-state index contributed by atoms with van der Waals surface area (Å²) < 4.78 is 1.82. The van der Waals surface area contributed by atoms with Crippen LogP contribution in [0.2, 0.25) is 0 Å². The molecular weight excluding hydrogens is 230 g/mol. The molecule has 3 rings (SSSR count). The normalized spacial score (nSPS) is 10.7. The average Bonchev–Trinajstić information content (AvgIpc) is 2.97. The SMILES string of the molecule is Cc1ccn2cnc(C(=O)Nc3cn[nH]c3)c2c1. The number of carbonyl (C=O) groups is 1. The number of nitrogens with one attached hydrogen (secondary N) is 2. The fraction of sp³-hybridized carbons (Fsp3) is 0.0833. The number of anilines is 1. The zero-order valence-corrected chi connectivity index (χ0v) is 9.71. The smallest absolute Gasteiger partial charge is 0.276 e. The van der Waals surface area contributed by atoms with Crippen LogP contribution in [0, 0.1) is 6.92 Å². The van der Waals surface area contributed by atoms with Gasteiger partial charge in [0.1, 0.15) is 6.33 Å². The molecule has 0 aliphatic rings. The van der Waals surface area contributed by atoms with Gasteiger partial charge in [-0.3, -0.25) is 9.89 Å². The van der Waals surface area contributed by atoms with E-state index in [1.165, 1.54) is 0 Å². The number of H-pyrrole nitrogens is 1. The number of imidazole rings is 1. The molecule has 18 heavy (non-hydrogen) atoms. The molecule has 0 radical (unpaired) electrons. The van der Waals surface area contributed by atoms with Crippen LogP contribution in [0.4, 0.5) is 5.69 Å². The highest BCUT2D eigenvalue weighted by molar-refractivity contribution is 6.07. The van der Waals surface area contributed by atoms with Gasteiger partial charge in [-0.15, -0.1) is 0 Å². The van der Waals surface area contributed by atoms with Crippen LogP contribution in [-0.4, -0.2) is 25.5 Å². The van der Waals surface area contributed by atoms with E-state index in [4.69, 9.17) is 0 Å². The number of aromatic nitrogens is 4. The zero-order valence-electron chi connectivity index (χ0n) is 9.71. The van der Waals surface area contributed by atoms with Crippen LogP contribution in [0.1, 0.15) is 16.1 Å². The molecule has 0 spiro atoms. The molecule has 0 fully saturated rings. The summed E-state index contributed by atoms with van der Waals surface area (Å²) in [4.78, 5) is 16.2. The minimum absolute atomic E-state index is 0.246. The summed E-state index contributed by atoms with van der Waals surface area (Å²) in [5.74, 6) is -0.246. The predicted octanol–water partition coefficient (Wildman–Crippen LogP) is 1.62. The maximum atomic E-state index is 12.1.